The average Bonchev–Trinajstić information content (AvgIpc) is 2.89. The molecule has 4 rings (SSSR count). The summed E-state index contributed by atoms with van der Waals surface area (Å²) in [4.78, 5) is 24.7. The van der Waals surface area contributed by atoms with E-state index in [1.807, 2.05) is 60.7 Å². The van der Waals surface area contributed by atoms with E-state index in [2.05, 4.69) is 0 Å². The molecule has 4 aromatic rings. The number of carbonyl (C=O) groups is 2. The molecule has 0 aromatic heterocycles. The van der Waals surface area contributed by atoms with Crippen LogP contribution < -0.4 is 9.47 Å². The van der Waals surface area contributed by atoms with Crippen LogP contribution in [-0.4, -0.2) is 38.4 Å². The van der Waals surface area contributed by atoms with Crippen LogP contribution in [-0.2, 0) is 9.47 Å². The highest BCUT2D eigenvalue weighted by Crippen LogP contribution is 2.19. The van der Waals surface area contributed by atoms with Crippen LogP contribution in [0.4, 0.5) is 0 Å². The third-order valence-corrected chi connectivity index (χ3v) is 4.97. The minimum Gasteiger partial charge on any atom is -0.490 e. The quantitative estimate of drug-likeness (QED) is 0.238. The molecule has 6 nitrogen and oxygen atoms in total. The fraction of sp³-hybridized carbons (Fsp3) is 0.143. The van der Waals surface area contributed by atoms with E-state index in [0.29, 0.717) is 11.1 Å². The number of esters is 2. The second-order valence-corrected chi connectivity index (χ2v) is 7.37. The number of hydrogen-bond donors (Lipinski definition) is 0. The number of rotatable bonds is 10. The Bertz CT molecular complexity index is 1140. The van der Waals surface area contributed by atoms with Gasteiger partial charge in [0.1, 0.15) is 37.9 Å². The van der Waals surface area contributed by atoms with Crippen LogP contribution in [0.15, 0.2) is 97.1 Å². The van der Waals surface area contributed by atoms with Gasteiger partial charge in [-0.25, -0.2) is 9.59 Å². The maximum atomic E-state index is 12.4. The molecule has 0 heterocycles. The van der Waals surface area contributed by atoms with E-state index >= 15 is 0 Å². The van der Waals surface area contributed by atoms with Gasteiger partial charge in [0.05, 0.1) is 11.1 Å². The maximum absolute atomic E-state index is 12.4. The molecular weight excluding hydrogens is 432 g/mol. The number of para-hydroxylation sites is 2. The van der Waals surface area contributed by atoms with E-state index in [4.69, 9.17) is 18.9 Å². The van der Waals surface area contributed by atoms with Crippen molar-refractivity contribution in [2.75, 3.05) is 26.4 Å². The Morgan fingerprint density at radius 3 is 1.32 bits per heavy atom. The number of fused-ring (bicyclic) bond motifs is 1. The van der Waals surface area contributed by atoms with Crippen LogP contribution in [0.1, 0.15) is 20.7 Å². The molecule has 0 saturated carbocycles. The highest BCUT2D eigenvalue weighted by molar-refractivity contribution is 5.99. The minimum atomic E-state index is -0.430. The number of hydrogen-bond acceptors (Lipinski definition) is 6. The van der Waals surface area contributed by atoms with Gasteiger partial charge in [0.25, 0.3) is 0 Å². The fourth-order valence-electron chi connectivity index (χ4n) is 3.29. The van der Waals surface area contributed by atoms with Crippen molar-refractivity contribution in [3.8, 4) is 11.5 Å². The Hall–Kier alpha value is -4.32. The van der Waals surface area contributed by atoms with Crippen LogP contribution in [0.5, 0.6) is 11.5 Å². The zero-order chi connectivity index (χ0) is 23.6. The van der Waals surface area contributed by atoms with Gasteiger partial charge in [0.2, 0.25) is 0 Å². The summed E-state index contributed by atoms with van der Waals surface area (Å²) in [6.07, 6.45) is 0. The van der Waals surface area contributed by atoms with E-state index in [1.54, 1.807) is 36.4 Å². The largest absolute Gasteiger partial charge is 0.490 e. The molecule has 0 radical (unpaired) electrons. The van der Waals surface area contributed by atoms with Crippen molar-refractivity contribution in [3.63, 3.8) is 0 Å². The first-order valence-corrected chi connectivity index (χ1v) is 10.9. The smallest absolute Gasteiger partial charge is 0.338 e. The van der Waals surface area contributed by atoms with Gasteiger partial charge in [-0.3, -0.25) is 0 Å². The molecule has 0 aliphatic carbocycles. The van der Waals surface area contributed by atoms with E-state index in [1.165, 1.54) is 0 Å². The van der Waals surface area contributed by atoms with Crippen molar-refractivity contribution < 1.29 is 28.5 Å². The summed E-state index contributed by atoms with van der Waals surface area (Å²) < 4.78 is 21.6. The monoisotopic (exact) mass is 456 g/mol. The number of carbonyl (C=O) groups excluding carboxylic acids is 2. The zero-order valence-corrected chi connectivity index (χ0v) is 18.5. The predicted octanol–water partition coefficient (Wildman–Crippen LogP) is 5.31. The first-order chi connectivity index (χ1) is 16.7. The number of ether oxygens (including phenoxy) is 4. The second kappa shape index (κ2) is 11.5. The zero-order valence-electron chi connectivity index (χ0n) is 18.5. The molecular formula is C28H24O6. The first kappa shape index (κ1) is 22.9. The average molecular weight is 456 g/mol. The van der Waals surface area contributed by atoms with Crippen LogP contribution in [0, 0.1) is 0 Å². The third-order valence-electron chi connectivity index (χ3n) is 4.97. The molecule has 0 atom stereocenters. The van der Waals surface area contributed by atoms with Crippen LogP contribution in [0.2, 0.25) is 0 Å². The molecule has 0 aliphatic rings. The van der Waals surface area contributed by atoms with Crippen molar-refractivity contribution >= 4 is 22.7 Å². The molecule has 0 amide bonds. The van der Waals surface area contributed by atoms with Crippen molar-refractivity contribution in [3.05, 3.63) is 108 Å². The lowest BCUT2D eigenvalue weighted by Crippen LogP contribution is -2.13. The molecule has 0 fully saturated rings. The summed E-state index contributed by atoms with van der Waals surface area (Å²) in [6.45, 7) is 0.825. The minimum absolute atomic E-state index is 0.143. The van der Waals surface area contributed by atoms with Gasteiger partial charge in [0.15, 0.2) is 0 Å². The molecule has 0 N–H and O–H groups in total. The molecule has 0 bridgehead atoms. The Labute approximate surface area is 197 Å². The summed E-state index contributed by atoms with van der Waals surface area (Å²) in [6, 6.07) is 29.1. The lowest BCUT2D eigenvalue weighted by atomic mass is 10.0. The van der Waals surface area contributed by atoms with Crippen molar-refractivity contribution in [1.82, 2.24) is 0 Å². The highest BCUT2D eigenvalue weighted by Gasteiger charge is 2.11. The number of benzene rings is 4. The predicted molar refractivity (Wildman–Crippen MR) is 128 cm³/mol. The van der Waals surface area contributed by atoms with Gasteiger partial charge in [-0.1, -0.05) is 48.5 Å². The van der Waals surface area contributed by atoms with E-state index in [0.717, 1.165) is 22.3 Å². The normalized spacial score (nSPS) is 10.5. The van der Waals surface area contributed by atoms with Crippen LogP contribution >= 0.6 is 0 Å². The summed E-state index contributed by atoms with van der Waals surface area (Å²) in [7, 11) is 0. The van der Waals surface area contributed by atoms with Gasteiger partial charge in [0, 0.05) is 0 Å². The molecule has 0 spiro atoms. The lowest BCUT2D eigenvalue weighted by Gasteiger charge is -2.09. The lowest BCUT2D eigenvalue weighted by molar-refractivity contribution is 0.0442. The Kier molecular flexibility index (Phi) is 7.74. The molecule has 6 heteroatoms. The van der Waals surface area contributed by atoms with Crippen molar-refractivity contribution in [2.24, 2.45) is 0 Å². The molecule has 0 saturated heterocycles. The first-order valence-electron chi connectivity index (χ1n) is 10.9. The third kappa shape index (κ3) is 6.36. The summed E-state index contributed by atoms with van der Waals surface area (Å²) in [5.74, 6) is 0.588. The molecule has 172 valence electrons. The van der Waals surface area contributed by atoms with Gasteiger partial charge >= 0.3 is 11.9 Å². The fourth-order valence-corrected chi connectivity index (χ4v) is 3.29. The van der Waals surface area contributed by atoms with E-state index in [-0.39, 0.29) is 26.4 Å². The van der Waals surface area contributed by atoms with Gasteiger partial charge in [-0.2, -0.15) is 0 Å². The Morgan fingerprint density at radius 1 is 0.500 bits per heavy atom. The van der Waals surface area contributed by atoms with Crippen LogP contribution in [0.3, 0.4) is 0 Å². The highest BCUT2D eigenvalue weighted by atomic mass is 16.6. The standard InChI is InChI=1S/C28H24O6/c29-27(33-17-15-31-25-7-3-1-4-8-25)23-13-11-22-20-24(14-12-21(22)19-23)28(30)34-18-16-32-26-9-5-2-6-10-26/h1-14,19-20H,15-18H2. The van der Waals surface area contributed by atoms with E-state index in [9.17, 15) is 9.59 Å². The van der Waals surface area contributed by atoms with E-state index < -0.39 is 11.9 Å². The van der Waals surface area contributed by atoms with Gasteiger partial charge < -0.3 is 18.9 Å². The van der Waals surface area contributed by atoms with Gasteiger partial charge in [-0.05, 0) is 59.3 Å². The second-order valence-electron chi connectivity index (χ2n) is 7.37. The van der Waals surface area contributed by atoms with Gasteiger partial charge in [-0.15, -0.1) is 0 Å². The maximum Gasteiger partial charge on any atom is 0.338 e. The summed E-state index contributed by atoms with van der Waals surface area (Å²) in [5, 5.41) is 1.64. The summed E-state index contributed by atoms with van der Waals surface area (Å²) in [5.41, 5.74) is 0.862. The Morgan fingerprint density at radius 2 is 0.912 bits per heavy atom. The SMILES string of the molecule is O=C(OCCOc1ccccc1)c1ccc2cc(C(=O)OCCOc3ccccc3)ccc2c1. The topological polar surface area (TPSA) is 71.1 Å². The Balaban J connectivity index is 1.26. The van der Waals surface area contributed by atoms with Crippen molar-refractivity contribution in [2.45, 2.75) is 0 Å². The molecule has 4 aromatic carbocycles. The molecule has 0 aliphatic heterocycles. The summed E-state index contributed by atoms with van der Waals surface area (Å²) >= 11 is 0. The van der Waals surface area contributed by atoms with Crippen molar-refractivity contribution in [1.29, 1.82) is 0 Å². The van der Waals surface area contributed by atoms with Crippen LogP contribution in [0.25, 0.3) is 10.8 Å². The molecule has 0 unspecified atom stereocenters. The molecule has 34 heavy (non-hydrogen) atoms.